The molecule has 27 heavy (non-hydrogen) atoms. The molecule has 140 valence electrons. The van der Waals surface area contributed by atoms with Crippen molar-refractivity contribution < 1.29 is 13.6 Å². The number of aromatic nitrogens is 2. The van der Waals surface area contributed by atoms with Gasteiger partial charge >= 0.3 is 0 Å². The number of aryl methyl sites for hydroxylation is 1. The summed E-state index contributed by atoms with van der Waals surface area (Å²) < 4.78 is 26.8. The first-order valence-electron chi connectivity index (χ1n) is 8.01. The van der Waals surface area contributed by atoms with Crippen molar-refractivity contribution in [1.29, 1.82) is 0 Å². The molecule has 2 N–H and O–H groups in total. The molecule has 9 heteroatoms. The highest BCUT2D eigenvalue weighted by Gasteiger charge is 2.18. The number of anilines is 3. The summed E-state index contributed by atoms with van der Waals surface area (Å²) in [5.41, 5.74) is 2.22. The molecule has 3 rings (SSSR count). The minimum absolute atomic E-state index is 0.200. The predicted octanol–water partition coefficient (Wildman–Crippen LogP) is 4.99. The molecule has 0 unspecified atom stereocenters. The number of para-hydroxylation sites is 1. The Hall–Kier alpha value is -2.52. The Morgan fingerprint density at radius 1 is 1.15 bits per heavy atom. The number of thioether (sulfide) groups is 1. The van der Waals surface area contributed by atoms with Gasteiger partial charge in [-0.25, -0.2) is 8.78 Å². The molecule has 1 amide bonds. The highest BCUT2D eigenvalue weighted by atomic mass is 32.2. The molecule has 3 aromatic rings. The summed E-state index contributed by atoms with van der Waals surface area (Å²) in [4.78, 5) is 12.2. The number of carbonyl (C=O) groups excluding carboxylic acids is 1. The molecule has 0 spiro atoms. The Bertz CT molecular complexity index is 964. The van der Waals surface area contributed by atoms with Crippen molar-refractivity contribution in [3.63, 3.8) is 0 Å². The maximum Gasteiger partial charge on any atom is 0.237 e. The van der Waals surface area contributed by atoms with Crippen LogP contribution in [0.4, 0.5) is 25.3 Å². The van der Waals surface area contributed by atoms with Crippen LogP contribution in [0.1, 0.15) is 12.5 Å². The van der Waals surface area contributed by atoms with E-state index in [1.807, 2.05) is 31.2 Å². The molecule has 0 saturated heterocycles. The van der Waals surface area contributed by atoms with Crippen LogP contribution in [0, 0.1) is 18.6 Å². The first-order valence-corrected chi connectivity index (χ1v) is 9.70. The van der Waals surface area contributed by atoms with E-state index in [-0.39, 0.29) is 11.6 Å². The molecule has 2 aromatic carbocycles. The second-order valence-corrected chi connectivity index (χ2v) is 8.26. The minimum atomic E-state index is -1.01. The smallest absolute Gasteiger partial charge is 0.237 e. The normalized spacial score (nSPS) is 11.9. The third-order valence-electron chi connectivity index (χ3n) is 3.63. The summed E-state index contributed by atoms with van der Waals surface area (Å²) in [6.07, 6.45) is 0. The van der Waals surface area contributed by atoms with Crippen molar-refractivity contribution in [2.45, 2.75) is 23.4 Å². The van der Waals surface area contributed by atoms with Crippen molar-refractivity contribution in [3.8, 4) is 0 Å². The number of halogens is 2. The van der Waals surface area contributed by atoms with E-state index in [2.05, 4.69) is 20.8 Å². The number of nitrogens with one attached hydrogen (secondary N) is 2. The third-order valence-corrected chi connectivity index (χ3v) is 5.65. The first-order chi connectivity index (χ1) is 12.9. The lowest BCUT2D eigenvalue weighted by atomic mass is 10.2. The van der Waals surface area contributed by atoms with Crippen molar-refractivity contribution >= 4 is 45.5 Å². The van der Waals surface area contributed by atoms with E-state index < -0.39 is 16.9 Å². The minimum Gasteiger partial charge on any atom is -0.330 e. The SMILES string of the molecule is Cc1ccccc1Nc1nnc(S[C@@H](C)C(=O)Nc2ccc(F)c(F)c2)s1. The highest BCUT2D eigenvalue weighted by Crippen LogP contribution is 2.31. The maximum atomic E-state index is 13.2. The average molecular weight is 406 g/mol. The van der Waals surface area contributed by atoms with E-state index in [0.717, 1.165) is 23.4 Å². The number of hydrogen-bond donors (Lipinski definition) is 2. The lowest BCUT2D eigenvalue weighted by Gasteiger charge is -2.10. The van der Waals surface area contributed by atoms with Crippen LogP contribution in [0.2, 0.25) is 0 Å². The molecule has 1 atom stereocenters. The topological polar surface area (TPSA) is 66.9 Å². The zero-order chi connectivity index (χ0) is 19.4. The zero-order valence-electron chi connectivity index (χ0n) is 14.5. The largest absolute Gasteiger partial charge is 0.330 e. The number of benzene rings is 2. The van der Waals surface area contributed by atoms with E-state index in [1.54, 1.807) is 6.92 Å². The second-order valence-electron chi connectivity index (χ2n) is 5.69. The Labute approximate surface area is 163 Å². The van der Waals surface area contributed by atoms with Gasteiger partial charge in [0.25, 0.3) is 0 Å². The summed E-state index contributed by atoms with van der Waals surface area (Å²) in [5, 5.41) is 14.1. The summed E-state index contributed by atoms with van der Waals surface area (Å²) >= 11 is 2.57. The average Bonchev–Trinajstić information content (AvgIpc) is 3.07. The molecule has 0 fully saturated rings. The fourth-order valence-electron chi connectivity index (χ4n) is 2.16. The fraction of sp³-hybridized carbons (Fsp3) is 0.167. The fourth-order valence-corrected chi connectivity index (χ4v) is 4.07. The highest BCUT2D eigenvalue weighted by molar-refractivity contribution is 8.02. The third kappa shape index (κ3) is 5.01. The van der Waals surface area contributed by atoms with E-state index >= 15 is 0 Å². The molecule has 1 heterocycles. The van der Waals surface area contributed by atoms with E-state index in [0.29, 0.717) is 9.47 Å². The number of rotatable bonds is 6. The second kappa shape index (κ2) is 8.45. The van der Waals surface area contributed by atoms with Crippen LogP contribution in [-0.2, 0) is 4.79 Å². The molecule has 0 aliphatic heterocycles. The van der Waals surface area contributed by atoms with Crippen LogP contribution in [0.3, 0.4) is 0 Å². The van der Waals surface area contributed by atoms with Gasteiger partial charge in [-0.05, 0) is 37.6 Å². The lowest BCUT2D eigenvalue weighted by molar-refractivity contribution is -0.115. The summed E-state index contributed by atoms with van der Waals surface area (Å²) in [7, 11) is 0. The van der Waals surface area contributed by atoms with Gasteiger partial charge in [0.05, 0.1) is 5.25 Å². The van der Waals surface area contributed by atoms with Crippen LogP contribution in [0.5, 0.6) is 0 Å². The van der Waals surface area contributed by atoms with Crippen LogP contribution in [-0.4, -0.2) is 21.4 Å². The predicted molar refractivity (Wildman–Crippen MR) is 105 cm³/mol. The number of carbonyl (C=O) groups is 1. The van der Waals surface area contributed by atoms with E-state index in [4.69, 9.17) is 0 Å². The Morgan fingerprint density at radius 2 is 1.93 bits per heavy atom. The van der Waals surface area contributed by atoms with Crippen LogP contribution in [0.15, 0.2) is 46.8 Å². The van der Waals surface area contributed by atoms with Gasteiger partial charge in [0.2, 0.25) is 11.0 Å². The summed E-state index contributed by atoms with van der Waals surface area (Å²) in [6.45, 7) is 3.69. The molecule has 0 aliphatic rings. The summed E-state index contributed by atoms with van der Waals surface area (Å²) in [5.74, 6) is -2.31. The van der Waals surface area contributed by atoms with Gasteiger partial charge in [-0.3, -0.25) is 4.79 Å². The maximum absolute atomic E-state index is 13.2. The van der Waals surface area contributed by atoms with E-state index in [1.165, 1.54) is 29.2 Å². The molecule has 0 bridgehead atoms. The monoisotopic (exact) mass is 406 g/mol. The molecule has 0 radical (unpaired) electrons. The van der Waals surface area contributed by atoms with Gasteiger partial charge in [-0.2, -0.15) is 0 Å². The zero-order valence-corrected chi connectivity index (χ0v) is 16.1. The van der Waals surface area contributed by atoms with Gasteiger partial charge in [0, 0.05) is 17.4 Å². The Balaban J connectivity index is 1.60. The number of hydrogen-bond acceptors (Lipinski definition) is 6. The Kier molecular flexibility index (Phi) is 6.02. The molecule has 0 aliphatic carbocycles. The van der Waals surface area contributed by atoms with Crippen molar-refractivity contribution in [3.05, 3.63) is 59.7 Å². The van der Waals surface area contributed by atoms with Gasteiger partial charge in [0.15, 0.2) is 16.0 Å². The van der Waals surface area contributed by atoms with Gasteiger partial charge in [-0.1, -0.05) is 41.3 Å². The van der Waals surface area contributed by atoms with Crippen LogP contribution in [0.25, 0.3) is 0 Å². The molecular formula is C18H16F2N4OS2. The van der Waals surface area contributed by atoms with Crippen molar-refractivity contribution in [2.75, 3.05) is 10.6 Å². The van der Waals surface area contributed by atoms with Gasteiger partial charge in [0.1, 0.15) is 0 Å². The quantitative estimate of drug-likeness (QED) is 0.565. The van der Waals surface area contributed by atoms with Crippen LogP contribution >= 0.6 is 23.1 Å². The number of nitrogens with zero attached hydrogens (tertiary/aromatic N) is 2. The standard InChI is InChI=1S/C18H16F2N4OS2/c1-10-5-3-4-6-15(10)22-17-23-24-18(27-17)26-11(2)16(25)21-12-7-8-13(19)14(20)9-12/h3-9,11H,1-2H3,(H,21,25)(H,22,23)/t11-/m0/s1. The van der Waals surface area contributed by atoms with Gasteiger partial charge < -0.3 is 10.6 Å². The van der Waals surface area contributed by atoms with Gasteiger partial charge in [-0.15, -0.1) is 10.2 Å². The van der Waals surface area contributed by atoms with Crippen molar-refractivity contribution in [1.82, 2.24) is 10.2 Å². The first kappa shape index (κ1) is 19.2. The lowest BCUT2D eigenvalue weighted by Crippen LogP contribution is -2.22. The number of amides is 1. The molecular weight excluding hydrogens is 390 g/mol. The van der Waals surface area contributed by atoms with Crippen LogP contribution < -0.4 is 10.6 Å². The Morgan fingerprint density at radius 3 is 2.67 bits per heavy atom. The molecule has 0 saturated carbocycles. The summed E-state index contributed by atoms with van der Waals surface area (Å²) in [6, 6.07) is 11.0. The van der Waals surface area contributed by atoms with E-state index in [9.17, 15) is 13.6 Å². The molecule has 1 aromatic heterocycles. The molecule has 5 nitrogen and oxygen atoms in total. The van der Waals surface area contributed by atoms with Crippen molar-refractivity contribution in [2.24, 2.45) is 0 Å².